The van der Waals surface area contributed by atoms with Crippen molar-refractivity contribution in [3.8, 4) is 5.75 Å². The van der Waals surface area contributed by atoms with E-state index in [1.807, 2.05) is 38.1 Å². The summed E-state index contributed by atoms with van der Waals surface area (Å²) in [5.41, 5.74) is 0.802. The summed E-state index contributed by atoms with van der Waals surface area (Å²) < 4.78 is 5.53. The summed E-state index contributed by atoms with van der Waals surface area (Å²) in [7, 11) is 0. The zero-order valence-corrected chi connectivity index (χ0v) is 11.7. The first kappa shape index (κ1) is 13.1. The first-order valence-electron chi connectivity index (χ1n) is 5.74. The van der Waals surface area contributed by atoms with Crippen molar-refractivity contribution in [2.75, 3.05) is 0 Å². The van der Waals surface area contributed by atoms with Crippen LogP contribution in [0, 0.1) is 0 Å². The van der Waals surface area contributed by atoms with Gasteiger partial charge in [-0.25, -0.2) is 0 Å². The molecule has 0 aromatic heterocycles. The van der Waals surface area contributed by atoms with Crippen molar-refractivity contribution in [3.63, 3.8) is 0 Å². The van der Waals surface area contributed by atoms with E-state index in [1.54, 1.807) is 0 Å². The van der Waals surface area contributed by atoms with Crippen LogP contribution in [0.1, 0.15) is 25.3 Å². The fraction of sp³-hybridized carbons (Fsp3) is 0.385. The van der Waals surface area contributed by atoms with Crippen LogP contribution in [0.25, 0.3) is 0 Å². The zero-order valence-electron chi connectivity index (χ0n) is 10.1. The van der Waals surface area contributed by atoms with E-state index in [0.717, 1.165) is 11.3 Å². The second kappa shape index (κ2) is 5.10. The number of hydrogen-bond donors (Lipinski definition) is 1. The molecular weight excluding hydrogens is 298 g/mol. The molecule has 0 saturated carbocycles. The predicted octanol–water partition coefficient (Wildman–Crippen LogP) is 1.98. The predicted molar refractivity (Wildman–Crippen MR) is 70.8 cm³/mol. The summed E-state index contributed by atoms with van der Waals surface area (Å²) in [6.45, 7) is 3.90. The monoisotopic (exact) mass is 311 g/mol. The lowest BCUT2D eigenvalue weighted by atomic mass is 9.97. The lowest BCUT2D eigenvalue weighted by Crippen LogP contribution is -2.22. The molecule has 1 saturated heterocycles. The van der Waals surface area contributed by atoms with E-state index >= 15 is 0 Å². The summed E-state index contributed by atoms with van der Waals surface area (Å²) in [5.74, 6) is -0.262. The van der Waals surface area contributed by atoms with Crippen LogP contribution in [0.2, 0.25) is 0 Å². The molecule has 1 aromatic rings. The molecule has 18 heavy (non-hydrogen) atoms. The van der Waals surface area contributed by atoms with Crippen LogP contribution < -0.4 is 10.1 Å². The van der Waals surface area contributed by atoms with Crippen molar-refractivity contribution in [1.82, 2.24) is 5.32 Å². The molecule has 5 heteroatoms. The first-order valence-corrected chi connectivity index (χ1v) is 6.66. The molecule has 1 heterocycles. The number of amides is 2. The Morgan fingerprint density at radius 1 is 1.17 bits per heavy atom. The normalized spacial score (nSPS) is 23.3. The lowest BCUT2D eigenvalue weighted by Gasteiger charge is -2.13. The number of hydrogen-bond acceptors (Lipinski definition) is 3. The maximum Gasteiger partial charge on any atom is 0.241 e. The lowest BCUT2D eigenvalue weighted by molar-refractivity contribution is -0.125. The molecule has 1 aliphatic rings. The van der Waals surface area contributed by atoms with E-state index in [4.69, 9.17) is 4.74 Å². The number of benzene rings is 1. The molecule has 2 unspecified atom stereocenters. The molecule has 4 nitrogen and oxygen atoms in total. The van der Waals surface area contributed by atoms with Crippen molar-refractivity contribution in [3.05, 3.63) is 29.8 Å². The molecule has 1 N–H and O–H groups in total. The van der Waals surface area contributed by atoms with Crippen molar-refractivity contribution >= 4 is 27.7 Å². The third-order valence-corrected chi connectivity index (χ3v) is 3.63. The molecule has 1 aromatic carbocycles. The molecule has 0 aliphatic carbocycles. The van der Waals surface area contributed by atoms with Gasteiger partial charge in [0.2, 0.25) is 11.8 Å². The Balaban J connectivity index is 2.19. The van der Waals surface area contributed by atoms with Crippen LogP contribution >= 0.6 is 15.9 Å². The maximum atomic E-state index is 11.7. The smallest absolute Gasteiger partial charge is 0.241 e. The summed E-state index contributed by atoms with van der Waals surface area (Å²) >= 11 is 3.24. The van der Waals surface area contributed by atoms with Gasteiger partial charge in [0.1, 0.15) is 10.6 Å². The topological polar surface area (TPSA) is 55.4 Å². The molecule has 96 valence electrons. The largest absolute Gasteiger partial charge is 0.491 e. The number of halogens is 1. The van der Waals surface area contributed by atoms with Crippen molar-refractivity contribution < 1.29 is 14.3 Å². The number of ether oxygens (including phenoxy) is 1. The van der Waals surface area contributed by atoms with Gasteiger partial charge in [0.15, 0.2) is 0 Å². The first-order chi connectivity index (χ1) is 8.49. The van der Waals surface area contributed by atoms with Gasteiger partial charge in [-0.1, -0.05) is 28.1 Å². The summed E-state index contributed by atoms with van der Waals surface area (Å²) in [5, 5.41) is 2.31. The Labute approximate surface area is 114 Å². The minimum atomic E-state index is -0.498. The zero-order chi connectivity index (χ0) is 13.3. The van der Waals surface area contributed by atoms with E-state index in [0.29, 0.717) is 0 Å². The average Bonchev–Trinajstić information content (AvgIpc) is 2.54. The number of rotatable bonds is 3. The van der Waals surface area contributed by atoms with Crippen LogP contribution in [-0.2, 0) is 9.59 Å². The summed E-state index contributed by atoms with van der Waals surface area (Å²) in [6.07, 6.45) is 0.108. The second-order valence-electron chi connectivity index (χ2n) is 4.47. The summed E-state index contributed by atoms with van der Waals surface area (Å²) in [4.78, 5) is 22.5. The minimum Gasteiger partial charge on any atom is -0.491 e. The van der Waals surface area contributed by atoms with Gasteiger partial charge >= 0.3 is 0 Å². The number of nitrogens with one attached hydrogen (secondary N) is 1. The summed E-state index contributed by atoms with van der Waals surface area (Å²) in [6, 6.07) is 7.25. The Morgan fingerprint density at radius 2 is 1.78 bits per heavy atom. The highest BCUT2D eigenvalue weighted by atomic mass is 79.9. The highest BCUT2D eigenvalue weighted by Gasteiger charge is 2.40. The molecule has 0 bridgehead atoms. The number of imide groups is 1. The Kier molecular flexibility index (Phi) is 3.71. The van der Waals surface area contributed by atoms with Crippen LogP contribution in [0.3, 0.4) is 0 Å². The fourth-order valence-electron chi connectivity index (χ4n) is 1.90. The van der Waals surface area contributed by atoms with Crippen molar-refractivity contribution in [2.45, 2.75) is 30.7 Å². The highest BCUT2D eigenvalue weighted by Crippen LogP contribution is 2.31. The van der Waals surface area contributed by atoms with E-state index in [1.165, 1.54) is 0 Å². The Hall–Kier alpha value is -1.36. The fourth-order valence-corrected chi connectivity index (χ4v) is 2.56. The van der Waals surface area contributed by atoms with Gasteiger partial charge in [0, 0.05) is 0 Å². The van der Waals surface area contributed by atoms with Crippen LogP contribution in [0.4, 0.5) is 0 Å². The third kappa shape index (κ3) is 2.56. The molecule has 1 fully saturated rings. The van der Waals surface area contributed by atoms with Crippen molar-refractivity contribution in [1.29, 1.82) is 0 Å². The maximum absolute atomic E-state index is 11.7. The number of carbonyl (C=O) groups is 2. The van der Waals surface area contributed by atoms with Gasteiger partial charge in [0.05, 0.1) is 12.0 Å². The molecule has 2 amide bonds. The standard InChI is InChI=1S/C13H14BrNO3/c1-7(2)18-9-5-3-8(4-6-9)10-11(14)13(17)15-12(10)16/h3-7,10-11H,1-2H3,(H,15,16,17). The van der Waals surface area contributed by atoms with E-state index in [-0.39, 0.29) is 17.9 Å². The molecule has 0 spiro atoms. The molecule has 0 radical (unpaired) electrons. The van der Waals surface area contributed by atoms with Gasteiger partial charge in [-0.3, -0.25) is 14.9 Å². The molecule has 2 atom stereocenters. The Morgan fingerprint density at radius 3 is 2.22 bits per heavy atom. The van der Waals surface area contributed by atoms with E-state index in [9.17, 15) is 9.59 Å². The van der Waals surface area contributed by atoms with Gasteiger partial charge in [-0.2, -0.15) is 0 Å². The second-order valence-corrected chi connectivity index (χ2v) is 5.46. The van der Waals surface area contributed by atoms with E-state index < -0.39 is 10.7 Å². The molecular formula is C13H14BrNO3. The number of carbonyl (C=O) groups excluding carboxylic acids is 2. The number of alkyl halides is 1. The highest BCUT2D eigenvalue weighted by molar-refractivity contribution is 9.10. The van der Waals surface area contributed by atoms with Gasteiger partial charge in [0.25, 0.3) is 0 Å². The molecule has 1 aliphatic heterocycles. The van der Waals surface area contributed by atoms with Crippen molar-refractivity contribution in [2.24, 2.45) is 0 Å². The van der Waals surface area contributed by atoms with E-state index in [2.05, 4.69) is 21.2 Å². The van der Waals surface area contributed by atoms with Gasteiger partial charge < -0.3 is 4.74 Å². The quantitative estimate of drug-likeness (QED) is 0.686. The van der Waals surface area contributed by atoms with Gasteiger partial charge in [-0.05, 0) is 31.5 Å². The minimum absolute atomic E-state index is 0.108. The SMILES string of the molecule is CC(C)Oc1ccc(C2C(=O)NC(=O)C2Br)cc1. The third-order valence-electron chi connectivity index (χ3n) is 2.68. The average molecular weight is 312 g/mol. The van der Waals surface area contributed by atoms with Crippen LogP contribution in [-0.4, -0.2) is 22.7 Å². The molecule has 2 rings (SSSR count). The Bertz CT molecular complexity index is 470. The van der Waals surface area contributed by atoms with Crippen LogP contribution in [0.15, 0.2) is 24.3 Å². The van der Waals surface area contributed by atoms with Gasteiger partial charge in [-0.15, -0.1) is 0 Å². The van der Waals surface area contributed by atoms with Crippen LogP contribution in [0.5, 0.6) is 5.75 Å².